The second-order valence-electron chi connectivity index (χ2n) is 6.93. The first-order valence-electron chi connectivity index (χ1n) is 9.78. The number of nitrogens with one attached hydrogen (secondary N) is 2. The van der Waals surface area contributed by atoms with Crippen LogP contribution in [0.25, 0.3) is 0 Å². The van der Waals surface area contributed by atoms with E-state index in [0.29, 0.717) is 12.5 Å². The van der Waals surface area contributed by atoms with Crippen LogP contribution in [0, 0.1) is 11.7 Å². The predicted octanol–water partition coefficient (Wildman–Crippen LogP) is 2.73. The molecule has 0 amide bonds. The van der Waals surface area contributed by atoms with Gasteiger partial charge < -0.3 is 20.1 Å². The monoisotopic (exact) mass is 508 g/mol. The number of halogens is 2. The van der Waals surface area contributed by atoms with Crippen molar-refractivity contribution in [3.05, 3.63) is 30.1 Å². The first-order chi connectivity index (χ1) is 13.1. The molecule has 1 heterocycles. The van der Waals surface area contributed by atoms with Crippen molar-refractivity contribution < 1.29 is 13.9 Å². The summed E-state index contributed by atoms with van der Waals surface area (Å²) in [6.07, 6.45) is 0.636. The Labute approximate surface area is 185 Å². The molecule has 6 nitrogen and oxygen atoms in total. The third-order valence-electron chi connectivity index (χ3n) is 4.60. The Morgan fingerprint density at radius 2 is 1.93 bits per heavy atom. The molecule has 2 unspecified atom stereocenters. The van der Waals surface area contributed by atoms with Gasteiger partial charge in [0.2, 0.25) is 0 Å². The van der Waals surface area contributed by atoms with E-state index in [-0.39, 0.29) is 41.6 Å². The lowest BCUT2D eigenvalue weighted by Gasteiger charge is -2.29. The van der Waals surface area contributed by atoms with E-state index >= 15 is 0 Å². The lowest BCUT2D eigenvalue weighted by Crippen LogP contribution is -2.45. The molecule has 1 aromatic rings. The number of hydrogen-bond donors (Lipinski definition) is 2. The standard InChI is InChI=1S/C20H33FN4O2.HI/c1-4-17(27-19-8-6-5-7-18(19)21)14-24-20(22-3)23-13-16(2)15-25-9-11-26-12-10-25;/h5-8,16-17H,4,9-15H2,1-3H3,(H2,22,23,24);1H. The number of nitrogens with zero attached hydrogens (tertiary/aromatic N) is 2. The van der Waals surface area contributed by atoms with Crippen LogP contribution in [0.3, 0.4) is 0 Å². The summed E-state index contributed by atoms with van der Waals surface area (Å²) in [5, 5.41) is 6.64. The van der Waals surface area contributed by atoms with E-state index in [2.05, 4.69) is 27.4 Å². The van der Waals surface area contributed by atoms with Crippen molar-refractivity contribution in [2.24, 2.45) is 10.9 Å². The van der Waals surface area contributed by atoms with Crippen molar-refractivity contribution in [1.29, 1.82) is 0 Å². The maximum atomic E-state index is 13.8. The molecule has 28 heavy (non-hydrogen) atoms. The molecule has 1 aromatic carbocycles. The maximum Gasteiger partial charge on any atom is 0.191 e. The molecule has 1 aliphatic rings. The van der Waals surface area contributed by atoms with Crippen LogP contribution < -0.4 is 15.4 Å². The van der Waals surface area contributed by atoms with Gasteiger partial charge >= 0.3 is 0 Å². The van der Waals surface area contributed by atoms with Gasteiger partial charge in [-0.2, -0.15) is 0 Å². The zero-order valence-electron chi connectivity index (χ0n) is 17.1. The Balaban J connectivity index is 0.00000392. The fraction of sp³-hybridized carbons (Fsp3) is 0.650. The molecular formula is C20H34FIN4O2. The molecule has 0 aromatic heterocycles. The fourth-order valence-electron chi connectivity index (χ4n) is 2.98. The summed E-state index contributed by atoms with van der Waals surface area (Å²) >= 11 is 0. The fourth-order valence-corrected chi connectivity index (χ4v) is 2.98. The summed E-state index contributed by atoms with van der Waals surface area (Å²) in [4.78, 5) is 6.70. The minimum Gasteiger partial charge on any atom is -0.486 e. The Morgan fingerprint density at radius 3 is 2.57 bits per heavy atom. The van der Waals surface area contributed by atoms with Gasteiger partial charge in [-0.1, -0.05) is 26.0 Å². The quantitative estimate of drug-likeness (QED) is 0.305. The second-order valence-corrected chi connectivity index (χ2v) is 6.93. The van der Waals surface area contributed by atoms with Crippen molar-refractivity contribution in [1.82, 2.24) is 15.5 Å². The smallest absolute Gasteiger partial charge is 0.191 e. The molecule has 2 N–H and O–H groups in total. The maximum absolute atomic E-state index is 13.8. The molecule has 2 rings (SSSR count). The van der Waals surface area contributed by atoms with Gasteiger partial charge in [0.05, 0.1) is 19.8 Å². The minimum absolute atomic E-state index is 0. The lowest BCUT2D eigenvalue weighted by molar-refractivity contribution is 0.0320. The van der Waals surface area contributed by atoms with E-state index in [9.17, 15) is 4.39 Å². The van der Waals surface area contributed by atoms with Crippen LogP contribution in [-0.2, 0) is 4.74 Å². The summed E-state index contributed by atoms with van der Waals surface area (Å²) in [6, 6.07) is 6.49. The Kier molecular flexibility index (Phi) is 12.4. The molecular weight excluding hydrogens is 474 g/mol. The Bertz CT molecular complexity index is 585. The summed E-state index contributed by atoms with van der Waals surface area (Å²) in [6.45, 7) is 10.3. The van der Waals surface area contributed by atoms with Crippen LogP contribution in [0.2, 0.25) is 0 Å². The van der Waals surface area contributed by atoms with Gasteiger partial charge in [-0.3, -0.25) is 9.89 Å². The normalized spacial score (nSPS) is 17.4. The van der Waals surface area contributed by atoms with Gasteiger partial charge in [0.25, 0.3) is 0 Å². The van der Waals surface area contributed by atoms with Crippen LogP contribution in [0.4, 0.5) is 4.39 Å². The number of aliphatic imine (C=N–C) groups is 1. The summed E-state index contributed by atoms with van der Waals surface area (Å²) in [7, 11) is 1.75. The zero-order valence-corrected chi connectivity index (χ0v) is 19.4. The van der Waals surface area contributed by atoms with Gasteiger partial charge in [0.1, 0.15) is 6.10 Å². The number of morpholine rings is 1. The van der Waals surface area contributed by atoms with Crippen molar-refractivity contribution in [3.63, 3.8) is 0 Å². The minimum atomic E-state index is -0.338. The SMILES string of the molecule is CCC(CNC(=NC)NCC(C)CN1CCOCC1)Oc1ccccc1F.I. The third-order valence-corrected chi connectivity index (χ3v) is 4.60. The van der Waals surface area contributed by atoms with Crippen LogP contribution in [0.1, 0.15) is 20.3 Å². The van der Waals surface area contributed by atoms with Crippen LogP contribution in [-0.4, -0.2) is 69.9 Å². The highest BCUT2D eigenvalue weighted by Gasteiger charge is 2.15. The average Bonchev–Trinajstić information content (AvgIpc) is 2.69. The topological polar surface area (TPSA) is 58.1 Å². The van der Waals surface area contributed by atoms with Crippen LogP contribution >= 0.6 is 24.0 Å². The molecule has 2 atom stereocenters. The largest absolute Gasteiger partial charge is 0.486 e. The molecule has 0 spiro atoms. The Hall–Kier alpha value is -1.13. The van der Waals surface area contributed by atoms with E-state index < -0.39 is 0 Å². The number of ether oxygens (including phenoxy) is 2. The van der Waals surface area contributed by atoms with E-state index in [1.807, 2.05) is 6.92 Å². The second kappa shape index (κ2) is 13.9. The van der Waals surface area contributed by atoms with Crippen molar-refractivity contribution in [3.8, 4) is 5.75 Å². The van der Waals surface area contributed by atoms with E-state index in [1.54, 1.807) is 25.2 Å². The van der Waals surface area contributed by atoms with Crippen molar-refractivity contribution >= 4 is 29.9 Å². The number of benzene rings is 1. The number of para-hydroxylation sites is 1. The van der Waals surface area contributed by atoms with E-state index in [1.165, 1.54) is 6.07 Å². The molecule has 160 valence electrons. The van der Waals surface area contributed by atoms with Crippen LogP contribution in [0.5, 0.6) is 5.75 Å². The molecule has 1 aliphatic heterocycles. The van der Waals surface area contributed by atoms with Gasteiger partial charge in [0, 0.05) is 33.2 Å². The van der Waals surface area contributed by atoms with Gasteiger partial charge in [0.15, 0.2) is 17.5 Å². The molecule has 0 radical (unpaired) electrons. The number of guanidine groups is 1. The highest BCUT2D eigenvalue weighted by Crippen LogP contribution is 2.17. The first-order valence-corrected chi connectivity index (χ1v) is 9.78. The molecule has 0 aliphatic carbocycles. The van der Waals surface area contributed by atoms with E-state index in [0.717, 1.165) is 51.8 Å². The third kappa shape index (κ3) is 8.91. The summed E-state index contributed by atoms with van der Waals surface area (Å²) in [5.41, 5.74) is 0. The van der Waals surface area contributed by atoms with Gasteiger partial charge in [-0.15, -0.1) is 24.0 Å². The first kappa shape index (κ1) is 24.9. The summed E-state index contributed by atoms with van der Waals surface area (Å²) < 4.78 is 24.9. The molecule has 8 heteroatoms. The van der Waals surface area contributed by atoms with E-state index in [4.69, 9.17) is 9.47 Å². The predicted molar refractivity (Wildman–Crippen MR) is 122 cm³/mol. The molecule has 1 saturated heterocycles. The number of rotatable bonds is 9. The van der Waals surface area contributed by atoms with Crippen molar-refractivity contribution in [2.45, 2.75) is 26.4 Å². The zero-order chi connectivity index (χ0) is 19.5. The average molecular weight is 508 g/mol. The number of hydrogen-bond acceptors (Lipinski definition) is 4. The van der Waals surface area contributed by atoms with Gasteiger partial charge in [-0.05, 0) is 24.5 Å². The highest BCUT2D eigenvalue weighted by molar-refractivity contribution is 14.0. The molecule has 1 fully saturated rings. The Morgan fingerprint density at radius 1 is 1.25 bits per heavy atom. The summed E-state index contributed by atoms with van der Waals surface area (Å²) in [5.74, 6) is 1.18. The van der Waals surface area contributed by atoms with Crippen molar-refractivity contribution in [2.75, 3.05) is 53.0 Å². The van der Waals surface area contributed by atoms with Crippen LogP contribution in [0.15, 0.2) is 29.3 Å². The van der Waals surface area contributed by atoms with Gasteiger partial charge in [-0.25, -0.2) is 4.39 Å². The molecule has 0 bridgehead atoms. The lowest BCUT2D eigenvalue weighted by atomic mass is 10.1. The highest BCUT2D eigenvalue weighted by atomic mass is 127. The molecule has 0 saturated carbocycles.